The number of nitrogens with zero attached hydrogens (tertiary/aromatic N) is 3. The standard InChI is InChI=1S/C22H34N4O/c27-22(26-17-15-25(16-18-26)20-7-3-1-4-8-20)23-19-9-11-21(12-10-19)24-13-5-2-6-14-24/h9-12,20H,1-8,13-18H2,(H,23,27). The summed E-state index contributed by atoms with van der Waals surface area (Å²) in [5, 5.41) is 3.09. The van der Waals surface area contributed by atoms with E-state index in [0.29, 0.717) is 0 Å². The van der Waals surface area contributed by atoms with E-state index in [2.05, 4.69) is 27.2 Å². The van der Waals surface area contributed by atoms with Crippen molar-refractivity contribution in [2.24, 2.45) is 0 Å². The van der Waals surface area contributed by atoms with Crippen LogP contribution < -0.4 is 10.2 Å². The van der Waals surface area contributed by atoms with Gasteiger partial charge in [0.2, 0.25) is 0 Å². The number of rotatable bonds is 3. The van der Waals surface area contributed by atoms with E-state index >= 15 is 0 Å². The van der Waals surface area contributed by atoms with Crippen LogP contribution >= 0.6 is 0 Å². The van der Waals surface area contributed by atoms with Gasteiger partial charge in [-0.15, -0.1) is 0 Å². The van der Waals surface area contributed by atoms with Crippen LogP contribution in [0.1, 0.15) is 51.4 Å². The molecule has 27 heavy (non-hydrogen) atoms. The van der Waals surface area contributed by atoms with Gasteiger partial charge in [0, 0.05) is 56.7 Å². The van der Waals surface area contributed by atoms with E-state index in [1.165, 1.54) is 57.1 Å². The molecule has 0 bridgehead atoms. The topological polar surface area (TPSA) is 38.8 Å². The Morgan fingerprint density at radius 1 is 0.778 bits per heavy atom. The van der Waals surface area contributed by atoms with Crippen molar-refractivity contribution in [2.75, 3.05) is 49.5 Å². The predicted molar refractivity (Wildman–Crippen MR) is 112 cm³/mol. The average Bonchev–Trinajstić information content (AvgIpc) is 2.76. The summed E-state index contributed by atoms with van der Waals surface area (Å²) in [5.74, 6) is 0. The monoisotopic (exact) mass is 370 g/mol. The molecule has 1 aromatic carbocycles. The quantitative estimate of drug-likeness (QED) is 0.868. The third kappa shape index (κ3) is 4.75. The van der Waals surface area contributed by atoms with Gasteiger partial charge in [0.1, 0.15) is 0 Å². The fraction of sp³-hybridized carbons (Fsp3) is 0.682. The van der Waals surface area contributed by atoms with E-state index in [4.69, 9.17) is 0 Å². The molecule has 5 heteroatoms. The van der Waals surface area contributed by atoms with Crippen molar-refractivity contribution >= 4 is 17.4 Å². The molecular weight excluding hydrogens is 336 g/mol. The van der Waals surface area contributed by atoms with E-state index in [1.807, 2.05) is 17.0 Å². The summed E-state index contributed by atoms with van der Waals surface area (Å²) in [4.78, 5) is 19.6. The molecule has 2 saturated heterocycles. The number of piperidine rings is 1. The Bertz CT molecular complexity index is 597. The highest BCUT2D eigenvalue weighted by Gasteiger charge is 2.27. The van der Waals surface area contributed by atoms with Gasteiger partial charge in [0.15, 0.2) is 0 Å². The van der Waals surface area contributed by atoms with Crippen molar-refractivity contribution in [3.8, 4) is 0 Å². The summed E-state index contributed by atoms with van der Waals surface area (Å²) < 4.78 is 0. The van der Waals surface area contributed by atoms with Gasteiger partial charge in [-0.05, 0) is 56.4 Å². The number of hydrogen-bond donors (Lipinski definition) is 1. The van der Waals surface area contributed by atoms with E-state index in [9.17, 15) is 4.79 Å². The molecule has 148 valence electrons. The zero-order valence-electron chi connectivity index (χ0n) is 16.5. The summed E-state index contributed by atoms with van der Waals surface area (Å²) in [7, 11) is 0. The van der Waals surface area contributed by atoms with Crippen LogP contribution in [0.25, 0.3) is 0 Å². The lowest BCUT2D eigenvalue weighted by Gasteiger charge is -2.40. The number of amides is 2. The molecule has 0 radical (unpaired) electrons. The minimum atomic E-state index is 0.0454. The molecule has 0 unspecified atom stereocenters. The lowest BCUT2D eigenvalue weighted by Crippen LogP contribution is -2.53. The van der Waals surface area contributed by atoms with Crippen molar-refractivity contribution in [3.63, 3.8) is 0 Å². The molecule has 5 nitrogen and oxygen atoms in total. The first-order valence-corrected chi connectivity index (χ1v) is 10.9. The normalized spacial score (nSPS) is 22.7. The highest BCUT2D eigenvalue weighted by Crippen LogP contribution is 2.24. The van der Waals surface area contributed by atoms with Crippen molar-refractivity contribution in [2.45, 2.75) is 57.4 Å². The predicted octanol–water partition coefficient (Wildman–Crippen LogP) is 4.16. The highest BCUT2D eigenvalue weighted by molar-refractivity contribution is 5.89. The first-order valence-electron chi connectivity index (χ1n) is 10.9. The Hall–Kier alpha value is -1.75. The maximum atomic E-state index is 12.6. The van der Waals surface area contributed by atoms with Gasteiger partial charge < -0.3 is 15.1 Å². The van der Waals surface area contributed by atoms with Crippen LogP contribution in [0.5, 0.6) is 0 Å². The third-order valence-corrected chi connectivity index (χ3v) is 6.53. The van der Waals surface area contributed by atoms with Crippen molar-refractivity contribution in [3.05, 3.63) is 24.3 Å². The summed E-state index contributed by atoms with van der Waals surface area (Å²) in [6.07, 6.45) is 10.7. The minimum Gasteiger partial charge on any atom is -0.372 e. The second-order valence-corrected chi connectivity index (χ2v) is 8.34. The van der Waals surface area contributed by atoms with Crippen LogP contribution in [-0.4, -0.2) is 61.1 Å². The first-order chi connectivity index (χ1) is 13.3. The first kappa shape index (κ1) is 18.6. The van der Waals surface area contributed by atoms with E-state index < -0.39 is 0 Å². The van der Waals surface area contributed by atoms with E-state index in [-0.39, 0.29) is 6.03 Å². The van der Waals surface area contributed by atoms with Gasteiger partial charge in [-0.25, -0.2) is 4.79 Å². The molecule has 4 rings (SSSR count). The number of benzene rings is 1. The molecule has 2 heterocycles. The molecule has 1 aliphatic carbocycles. The summed E-state index contributed by atoms with van der Waals surface area (Å²) in [5.41, 5.74) is 2.17. The molecule has 2 aliphatic heterocycles. The van der Waals surface area contributed by atoms with Gasteiger partial charge in [-0.2, -0.15) is 0 Å². The maximum Gasteiger partial charge on any atom is 0.321 e. The van der Waals surface area contributed by atoms with Crippen LogP contribution in [0.4, 0.5) is 16.2 Å². The lowest BCUT2D eigenvalue weighted by molar-refractivity contribution is 0.0943. The minimum absolute atomic E-state index is 0.0454. The molecular formula is C22H34N4O. The summed E-state index contributed by atoms with van der Waals surface area (Å²) >= 11 is 0. The molecule has 2 amide bonds. The van der Waals surface area contributed by atoms with Gasteiger partial charge in [0.25, 0.3) is 0 Å². The molecule has 1 N–H and O–H groups in total. The zero-order valence-corrected chi connectivity index (χ0v) is 16.5. The van der Waals surface area contributed by atoms with Crippen LogP contribution in [0.3, 0.4) is 0 Å². The van der Waals surface area contributed by atoms with Crippen LogP contribution in [-0.2, 0) is 0 Å². The van der Waals surface area contributed by atoms with Gasteiger partial charge in [-0.3, -0.25) is 4.90 Å². The molecule has 1 saturated carbocycles. The molecule has 3 aliphatic rings. The maximum absolute atomic E-state index is 12.6. The van der Waals surface area contributed by atoms with Crippen molar-refractivity contribution < 1.29 is 4.79 Å². The third-order valence-electron chi connectivity index (χ3n) is 6.53. The van der Waals surface area contributed by atoms with Crippen LogP contribution in [0.15, 0.2) is 24.3 Å². The fourth-order valence-electron chi connectivity index (χ4n) is 4.85. The fourth-order valence-corrected chi connectivity index (χ4v) is 4.85. The number of carbonyl (C=O) groups is 1. The van der Waals surface area contributed by atoms with Crippen LogP contribution in [0.2, 0.25) is 0 Å². The lowest BCUT2D eigenvalue weighted by atomic mass is 9.94. The van der Waals surface area contributed by atoms with Crippen LogP contribution in [0, 0.1) is 0 Å². The Labute approximate surface area is 163 Å². The van der Waals surface area contributed by atoms with Gasteiger partial charge in [0.05, 0.1) is 0 Å². The molecule has 0 atom stereocenters. The Morgan fingerprint density at radius 2 is 1.41 bits per heavy atom. The molecule has 1 aromatic rings. The van der Waals surface area contributed by atoms with Gasteiger partial charge in [-0.1, -0.05) is 19.3 Å². The number of piperazine rings is 1. The summed E-state index contributed by atoms with van der Waals surface area (Å²) in [6.45, 7) is 6.02. The Morgan fingerprint density at radius 3 is 2.07 bits per heavy atom. The number of nitrogens with one attached hydrogen (secondary N) is 1. The summed E-state index contributed by atoms with van der Waals surface area (Å²) in [6, 6.07) is 9.17. The van der Waals surface area contributed by atoms with E-state index in [0.717, 1.165) is 51.0 Å². The molecule has 0 spiro atoms. The smallest absolute Gasteiger partial charge is 0.321 e. The second kappa shape index (κ2) is 8.96. The Kier molecular flexibility index (Phi) is 6.17. The second-order valence-electron chi connectivity index (χ2n) is 8.34. The number of urea groups is 1. The Balaban J connectivity index is 1.25. The molecule has 0 aromatic heterocycles. The highest BCUT2D eigenvalue weighted by atomic mass is 16.2. The average molecular weight is 371 g/mol. The number of anilines is 2. The number of hydrogen-bond acceptors (Lipinski definition) is 3. The van der Waals surface area contributed by atoms with Crippen molar-refractivity contribution in [1.82, 2.24) is 9.80 Å². The number of carbonyl (C=O) groups excluding carboxylic acids is 1. The van der Waals surface area contributed by atoms with Crippen molar-refractivity contribution in [1.29, 1.82) is 0 Å². The largest absolute Gasteiger partial charge is 0.372 e. The molecule has 3 fully saturated rings. The van der Waals surface area contributed by atoms with E-state index in [1.54, 1.807) is 0 Å². The van der Waals surface area contributed by atoms with Gasteiger partial charge >= 0.3 is 6.03 Å². The zero-order chi connectivity index (χ0) is 18.5. The SMILES string of the molecule is O=C(Nc1ccc(N2CCCCC2)cc1)N1CCN(C2CCCCC2)CC1.